The average Bonchev–Trinajstić information content (AvgIpc) is 2.67. The molecule has 17 heavy (non-hydrogen) atoms. The second-order valence-electron chi connectivity index (χ2n) is 5.50. The molecule has 2 saturated heterocycles. The van der Waals surface area contributed by atoms with Crippen molar-refractivity contribution in [1.82, 2.24) is 4.90 Å². The van der Waals surface area contributed by atoms with Gasteiger partial charge in [0, 0.05) is 6.54 Å². The van der Waals surface area contributed by atoms with Crippen LogP contribution in [0.4, 0.5) is 4.79 Å². The molecular formula is C11H18ClNO4. The molecule has 2 heterocycles. The maximum atomic E-state index is 12.0. The first-order chi connectivity index (χ1) is 7.79. The summed E-state index contributed by atoms with van der Waals surface area (Å²) in [5.41, 5.74) is -0.554. The first-order valence-corrected chi connectivity index (χ1v) is 6.16. The summed E-state index contributed by atoms with van der Waals surface area (Å²) in [6, 6.07) is -0.382. The second kappa shape index (κ2) is 4.30. The highest BCUT2D eigenvalue weighted by Crippen LogP contribution is 2.33. The smallest absolute Gasteiger partial charge is 0.410 e. The van der Waals surface area contributed by atoms with Gasteiger partial charge < -0.3 is 14.6 Å². The van der Waals surface area contributed by atoms with E-state index in [1.165, 1.54) is 4.90 Å². The van der Waals surface area contributed by atoms with E-state index in [0.29, 0.717) is 6.54 Å². The Labute approximate surface area is 106 Å². The molecule has 0 aliphatic carbocycles. The summed E-state index contributed by atoms with van der Waals surface area (Å²) in [7, 11) is 0. The molecule has 2 fully saturated rings. The van der Waals surface area contributed by atoms with Crippen molar-refractivity contribution in [2.75, 3.05) is 13.2 Å². The van der Waals surface area contributed by atoms with Gasteiger partial charge in [0.2, 0.25) is 0 Å². The summed E-state index contributed by atoms with van der Waals surface area (Å²) >= 11 is 6.10. The van der Waals surface area contributed by atoms with Crippen molar-refractivity contribution in [3.63, 3.8) is 0 Å². The Bertz CT molecular complexity index is 317. The van der Waals surface area contributed by atoms with E-state index in [4.69, 9.17) is 21.1 Å². The summed E-state index contributed by atoms with van der Waals surface area (Å²) in [6.07, 6.45) is -1.42. The minimum atomic E-state index is -0.684. The van der Waals surface area contributed by atoms with Gasteiger partial charge in [-0.3, -0.25) is 4.90 Å². The Morgan fingerprint density at radius 2 is 2.18 bits per heavy atom. The molecule has 6 heteroatoms. The predicted molar refractivity (Wildman–Crippen MR) is 62.1 cm³/mol. The van der Waals surface area contributed by atoms with Crippen LogP contribution in [0.1, 0.15) is 20.8 Å². The number of aliphatic hydroxyl groups excluding tert-OH is 1. The zero-order chi connectivity index (χ0) is 12.8. The number of carbonyl (C=O) groups excluding carboxylic acids is 1. The van der Waals surface area contributed by atoms with Crippen molar-refractivity contribution >= 4 is 17.7 Å². The van der Waals surface area contributed by atoms with E-state index in [1.54, 1.807) is 20.8 Å². The summed E-state index contributed by atoms with van der Waals surface area (Å²) in [5, 5.41) is 9.51. The Morgan fingerprint density at radius 1 is 1.53 bits per heavy atom. The molecule has 0 radical (unpaired) electrons. The van der Waals surface area contributed by atoms with Crippen molar-refractivity contribution in [3.05, 3.63) is 0 Å². The number of amides is 1. The SMILES string of the molecule is CC(C)(C)OC(=O)N1C[C@@H](Cl)C2OC[C@H](O)C21. The standard InChI is InChI=1S/C11H18ClNO4/c1-11(2,3)17-10(15)13-4-6(12)9-8(13)7(14)5-16-9/h6-9,14H,4-5H2,1-3H3/t6-,7+,8?,9?/m1/s1. The van der Waals surface area contributed by atoms with E-state index in [2.05, 4.69) is 0 Å². The molecule has 4 atom stereocenters. The molecule has 0 bridgehead atoms. The first kappa shape index (κ1) is 12.9. The molecule has 1 amide bonds. The van der Waals surface area contributed by atoms with Crippen LogP contribution in [0.5, 0.6) is 0 Å². The van der Waals surface area contributed by atoms with Gasteiger partial charge in [0.25, 0.3) is 0 Å². The molecule has 0 saturated carbocycles. The molecule has 2 aliphatic rings. The third-order valence-electron chi connectivity index (χ3n) is 2.91. The molecule has 2 aliphatic heterocycles. The van der Waals surface area contributed by atoms with Crippen molar-refractivity contribution in [1.29, 1.82) is 0 Å². The summed E-state index contributed by atoms with van der Waals surface area (Å²) in [4.78, 5) is 13.5. The first-order valence-electron chi connectivity index (χ1n) is 5.73. The van der Waals surface area contributed by atoms with Gasteiger partial charge in [-0.05, 0) is 20.8 Å². The van der Waals surface area contributed by atoms with Gasteiger partial charge in [0.15, 0.2) is 0 Å². The molecule has 5 nitrogen and oxygen atoms in total. The summed E-state index contributed by atoms with van der Waals surface area (Å²) in [5.74, 6) is 0. The van der Waals surface area contributed by atoms with Gasteiger partial charge in [-0.2, -0.15) is 0 Å². The number of likely N-dealkylation sites (tertiary alicyclic amines) is 1. The van der Waals surface area contributed by atoms with Crippen LogP contribution in [-0.2, 0) is 9.47 Å². The van der Waals surface area contributed by atoms with Crippen molar-refractivity contribution < 1.29 is 19.4 Å². The van der Waals surface area contributed by atoms with E-state index in [-0.39, 0.29) is 24.1 Å². The molecule has 98 valence electrons. The van der Waals surface area contributed by atoms with Crippen LogP contribution in [0.3, 0.4) is 0 Å². The molecule has 2 unspecified atom stereocenters. The van der Waals surface area contributed by atoms with E-state index >= 15 is 0 Å². The van der Waals surface area contributed by atoms with E-state index in [0.717, 1.165) is 0 Å². The number of hydrogen-bond donors (Lipinski definition) is 1. The third-order valence-corrected chi connectivity index (χ3v) is 3.29. The highest BCUT2D eigenvalue weighted by molar-refractivity contribution is 6.21. The molecule has 0 aromatic rings. The highest BCUT2D eigenvalue weighted by atomic mass is 35.5. The van der Waals surface area contributed by atoms with E-state index in [9.17, 15) is 9.90 Å². The maximum Gasteiger partial charge on any atom is 0.410 e. The number of nitrogens with zero attached hydrogens (tertiary/aromatic N) is 1. The van der Waals surface area contributed by atoms with Crippen LogP contribution in [0.25, 0.3) is 0 Å². The fourth-order valence-corrected chi connectivity index (χ4v) is 2.63. The number of fused-ring (bicyclic) bond motifs is 1. The quantitative estimate of drug-likeness (QED) is 0.662. The Kier molecular flexibility index (Phi) is 3.27. The lowest BCUT2D eigenvalue weighted by atomic mass is 10.1. The van der Waals surface area contributed by atoms with Crippen LogP contribution >= 0.6 is 11.6 Å². The summed E-state index contributed by atoms with van der Waals surface area (Å²) < 4.78 is 10.7. The van der Waals surface area contributed by atoms with Crippen LogP contribution in [0, 0.1) is 0 Å². The Balaban J connectivity index is 2.08. The number of aliphatic hydroxyl groups is 1. The largest absolute Gasteiger partial charge is 0.444 e. The lowest BCUT2D eigenvalue weighted by Gasteiger charge is -2.28. The fourth-order valence-electron chi connectivity index (χ4n) is 2.26. The van der Waals surface area contributed by atoms with Crippen molar-refractivity contribution in [2.24, 2.45) is 0 Å². The topological polar surface area (TPSA) is 59.0 Å². The highest BCUT2D eigenvalue weighted by Gasteiger charge is 2.52. The average molecular weight is 264 g/mol. The minimum absolute atomic E-state index is 0.220. The molecule has 0 aromatic heterocycles. The zero-order valence-electron chi connectivity index (χ0n) is 10.2. The molecule has 2 rings (SSSR count). The van der Waals surface area contributed by atoms with Gasteiger partial charge in [-0.1, -0.05) is 0 Å². The predicted octanol–water partition coefficient (Wildman–Crippen LogP) is 0.973. The van der Waals surface area contributed by atoms with Crippen LogP contribution in [-0.4, -0.2) is 58.5 Å². The number of rotatable bonds is 0. The van der Waals surface area contributed by atoms with Crippen LogP contribution in [0.2, 0.25) is 0 Å². The maximum absolute atomic E-state index is 12.0. The lowest BCUT2D eigenvalue weighted by Crippen LogP contribution is -2.46. The monoisotopic (exact) mass is 263 g/mol. The zero-order valence-corrected chi connectivity index (χ0v) is 11.0. The van der Waals surface area contributed by atoms with Crippen molar-refractivity contribution in [2.45, 2.75) is 50.0 Å². The number of hydrogen-bond acceptors (Lipinski definition) is 4. The van der Waals surface area contributed by atoms with Gasteiger partial charge in [0.1, 0.15) is 11.7 Å². The molecule has 1 N–H and O–H groups in total. The number of halogens is 1. The van der Waals surface area contributed by atoms with Gasteiger partial charge in [-0.25, -0.2) is 4.79 Å². The Hall–Kier alpha value is -0.520. The van der Waals surface area contributed by atoms with Gasteiger partial charge in [-0.15, -0.1) is 11.6 Å². The Morgan fingerprint density at radius 3 is 2.76 bits per heavy atom. The van der Waals surface area contributed by atoms with Gasteiger partial charge >= 0.3 is 6.09 Å². The minimum Gasteiger partial charge on any atom is -0.444 e. The lowest BCUT2D eigenvalue weighted by molar-refractivity contribution is 0.0105. The molecular weight excluding hydrogens is 246 g/mol. The van der Waals surface area contributed by atoms with E-state index < -0.39 is 17.8 Å². The number of ether oxygens (including phenoxy) is 2. The number of alkyl halides is 1. The van der Waals surface area contributed by atoms with Gasteiger partial charge in [0.05, 0.1) is 24.1 Å². The van der Waals surface area contributed by atoms with E-state index in [1.807, 2.05) is 0 Å². The summed E-state index contributed by atoms with van der Waals surface area (Å²) in [6.45, 7) is 5.98. The molecule has 0 aromatic carbocycles. The van der Waals surface area contributed by atoms with Crippen LogP contribution < -0.4 is 0 Å². The number of carbonyl (C=O) groups is 1. The normalized spacial score (nSPS) is 37.1. The van der Waals surface area contributed by atoms with Crippen molar-refractivity contribution in [3.8, 4) is 0 Å². The molecule has 0 spiro atoms. The second-order valence-corrected chi connectivity index (χ2v) is 6.07. The third kappa shape index (κ3) is 2.51. The fraction of sp³-hybridized carbons (Fsp3) is 0.909. The van der Waals surface area contributed by atoms with Crippen LogP contribution in [0.15, 0.2) is 0 Å².